The van der Waals surface area contributed by atoms with E-state index in [9.17, 15) is 9.90 Å². The summed E-state index contributed by atoms with van der Waals surface area (Å²) in [6.07, 6.45) is 10.5. The fourth-order valence-electron chi connectivity index (χ4n) is 3.04. The van der Waals surface area contributed by atoms with Gasteiger partial charge < -0.3 is 15.7 Å². The molecule has 2 atom stereocenters. The van der Waals surface area contributed by atoms with Crippen molar-refractivity contribution in [3.63, 3.8) is 0 Å². The zero-order valence-corrected chi connectivity index (χ0v) is 13.6. The van der Waals surface area contributed by atoms with Crippen molar-refractivity contribution in [2.45, 2.75) is 38.3 Å². The number of hydrogen-bond acceptors (Lipinski definition) is 4. The fraction of sp³-hybridized carbons (Fsp3) is 0.471. The van der Waals surface area contributed by atoms with E-state index in [1.165, 1.54) is 0 Å². The molecule has 2 unspecified atom stereocenters. The van der Waals surface area contributed by atoms with Crippen LogP contribution in [0.1, 0.15) is 31.2 Å². The Balaban J connectivity index is 1.45. The molecule has 0 spiro atoms. The molecule has 3 N–H and O–H groups in total. The molecule has 7 nitrogen and oxygen atoms in total. The Morgan fingerprint density at radius 2 is 2.25 bits per heavy atom. The monoisotopic (exact) mass is 329 g/mol. The average Bonchev–Trinajstić information content (AvgIpc) is 3.13. The first kappa shape index (κ1) is 16.4. The molecule has 0 aliphatic heterocycles. The summed E-state index contributed by atoms with van der Waals surface area (Å²) in [5, 5.41) is 15.4. The Hall–Kier alpha value is -2.41. The molecule has 1 aliphatic carbocycles. The minimum atomic E-state index is -0.216. The highest BCUT2D eigenvalue weighted by Crippen LogP contribution is 2.23. The van der Waals surface area contributed by atoms with Gasteiger partial charge in [-0.3, -0.25) is 4.57 Å². The van der Waals surface area contributed by atoms with Crippen LogP contribution >= 0.6 is 0 Å². The SMILES string of the molecule is O=C(NCc1ccnc(-n2ccnc2)c1)NCC1CCCC(O)C1. The van der Waals surface area contributed by atoms with Gasteiger partial charge in [0, 0.05) is 31.7 Å². The van der Waals surface area contributed by atoms with Crippen molar-refractivity contribution < 1.29 is 9.90 Å². The molecule has 2 heterocycles. The maximum atomic E-state index is 11.9. The number of pyridine rings is 1. The van der Waals surface area contributed by atoms with Crippen LogP contribution in [0.25, 0.3) is 5.82 Å². The molecule has 2 amide bonds. The highest BCUT2D eigenvalue weighted by Gasteiger charge is 2.20. The summed E-state index contributed by atoms with van der Waals surface area (Å²) in [4.78, 5) is 20.2. The summed E-state index contributed by atoms with van der Waals surface area (Å²) in [6, 6.07) is 3.61. The smallest absolute Gasteiger partial charge is 0.315 e. The van der Waals surface area contributed by atoms with Gasteiger partial charge in [0.25, 0.3) is 0 Å². The van der Waals surface area contributed by atoms with E-state index in [-0.39, 0.29) is 12.1 Å². The van der Waals surface area contributed by atoms with Crippen LogP contribution in [0.3, 0.4) is 0 Å². The Morgan fingerprint density at radius 3 is 3.04 bits per heavy atom. The largest absolute Gasteiger partial charge is 0.393 e. The second kappa shape index (κ2) is 7.92. The van der Waals surface area contributed by atoms with Crippen LogP contribution in [0.2, 0.25) is 0 Å². The summed E-state index contributed by atoms with van der Waals surface area (Å²) in [5.74, 6) is 1.14. The number of rotatable bonds is 5. The molecule has 3 rings (SSSR count). The highest BCUT2D eigenvalue weighted by atomic mass is 16.3. The molecule has 2 aromatic heterocycles. The maximum absolute atomic E-state index is 11.9. The normalized spacial score (nSPS) is 20.5. The van der Waals surface area contributed by atoms with E-state index in [0.717, 1.165) is 37.1 Å². The van der Waals surface area contributed by atoms with Crippen molar-refractivity contribution in [2.75, 3.05) is 6.54 Å². The van der Waals surface area contributed by atoms with Crippen LogP contribution in [0, 0.1) is 5.92 Å². The molecular weight excluding hydrogens is 306 g/mol. The number of nitrogens with zero attached hydrogens (tertiary/aromatic N) is 3. The Labute approximate surface area is 141 Å². The van der Waals surface area contributed by atoms with Gasteiger partial charge in [-0.05, 0) is 42.9 Å². The Bertz CT molecular complexity index is 659. The third-order valence-electron chi connectivity index (χ3n) is 4.34. The topological polar surface area (TPSA) is 92.1 Å². The van der Waals surface area contributed by atoms with Gasteiger partial charge in [-0.25, -0.2) is 14.8 Å². The van der Waals surface area contributed by atoms with E-state index >= 15 is 0 Å². The molecule has 1 aliphatic rings. The lowest BCUT2D eigenvalue weighted by Gasteiger charge is -2.25. The summed E-state index contributed by atoms with van der Waals surface area (Å²) in [7, 11) is 0. The molecule has 7 heteroatoms. The number of aliphatic hydroxyl groups is 1. The zero-order chi connectivity index (χ0) is 16.8. The van der Waals surface area contributed by atoms with Gasteiger partial charge in [0.15, 0.2) is 0 Å². The summed E-state index contributed by atoms with van der Waals surface area (Å²) in [6.45, 7) is 1.04. The predicted octanol–water partition coefficient (Wildman–Crippen LogP) is 1.62. The van der Waals surface area contributed by atoms with Crippen LogP contribution in [0.5, 0.6) is 0 Å². The van der Waals surface area contributed by atoms with E-state index in [4.69, 9.17) is 0 Å². The molecule has 0 aromatic carbocycles. The van der Waals surface area contributed by atoms with Crippen LogP contribution in [0.4, 0.5) is 4.79 Å². The molecule has 128 valence electrons. The van der Waals surface area contributed by atoms with E-state index in [1.807, 2.05) is 22.9 Å². The Kier molecular flexibility index (Phi) is 5.43. The van der Waals surface area contributed by atoms with Crippen molar-refractivity contribution in [3.05, 3.63) is 42.6 Å². The molecule has 2 aromatic rings. The molecule has 0 radical (unpaired) electrons. The number of carbonyl (C=O) groups is 1. The van der Waals surface area contributed by atoms with Gasteiger partial charge in [0.2, 0.25) is 0 Å². The van der Waals surface area contributed by atoms with Gasteiger partial charge in [-0.15, -0.1) is 0 Å². The minimum Gasteiger partial charge on any atom is -0.393 e. The number of urea groups is 1. The first-order valence-corrected chi connectivity index (χ1v) is 8.34. The minimum absolute atomic E-state index is 0.184. The lowest BCUT2D eigenvalue weighted by atomic mass is 9.87. The molecule has 24 heavy (non-hydrogen) atoms. The fourth-order valence-corrected chi connectivity index (χ4v) is 3.04. The summed E-state index contributed by atoms with van der Waals surface area (Å²) >= 11 is 0. The van der Waals surface area contributed by atoms with Gasteiger partial charge in [0.1, 0.15) is 12.1 Å². The summed E-state index contributed by atoms with van der Waals surface area (Å²) < 4.78 is 1.82. The first-order valence-electron chi connectivity index (χ1n) is 8.34. The second-order valence-corrected chi connectivity index (χ2v) is 6.24. The Morgan fingerprint density at radius 1 is 1.33 bits per heavy atom. The van der Waals surface area contributed by atoms with Gasteiger partial charge in [-0.1, -0.05) is 6.42 Å². The third-order valence-corrected chi connectivity index (χ3v) is 4.34. The van der Waals surface area contributed by atoms with Crippen molar-refractivity contribution >= 4 is 6.03 Å². The standard InChI is InChI=1S/C17H23N5O2/c23-15-3-1-2-13(8-15)10-20-17(24)21-11-14-4-5-19-16(9-14)22-7-6-18-12-22/h4-7,9,12-13,15,23H,1-3,8,10-11H2,(H2,20,21,24). The number of imidazole rings is 1. The predicted molar refractivity (Wildman–Crippen MR) is 89.6 cm³/mol. The van der Waals surface area contributed by atoms with Crippen LogP contribution < -0.4 is 10.6 Å². The van der Waals surface area contributed by atoms with E-state index in [1.54, 1.807) is 18.7 Å². The number of aromatic nitrogens is 3. The lowest BCUT2D eigenvalue weighted by Crippen LogP contribution is -2.39. The van der Waals surface area contributed by atoms with Crippen LogP contribution in [-0.2, 0) is 6.54 Å². The summed E-state index contributed by atoms with van der Waals surface area (Å²) in [5.41, 5.74) is 0.969. The molecule has 0 bridgehead atoms. The van der Waals surface area contributed by atoms with Crippen molar-refractivity contribution in [2.24, 2.45) is 5.92 Å². The molecule has 0 saturated heterocycles. The van der Waals surface area contributed by atoms with Gasteiger partial charge >= 0.3 is 6.03 Å². The number of amides is 2. The third kappa shape index (κ3) is 4.55. The van der Waals surface area contributed by atoms with Gasteiger partial charge in [-0.2, -0.15) is 0 Å². The van der Waals surface area contributed by atoms with E-state index in [2.05, 4.69) is 20.6 Å². The molecule has 1 saturated carbocycles. The van der Waals surface area contributed by atoms with Crippen LogP contribution in [0.15, 0.2) is 37.1 Å². The van der Waals surface area contributed by atoms with E-state index < -0.39 is 0 Å². The second-order valence-electron chi connectivity index (χ2n) is 6.24. The number of nitrogens with one attached hydrogen (secondary N) is 2. The number of carbonyl (C=O) groups excluding carboxylic acids is 1. The average molecular weight is 329 g/mol. The zero-order valence-electron chi connectivity index (χ0n) is 13.6. The van der Waals surface area contributed by atoms with Crippen LogP contribution in [-0.4, -0.2) is 38.3 Å². The van der Waals surface area contributed by atoms with Crippen molar-refractivity contribution in [1.29, 1.82) is 0 Å². The highest BCUT2D eigenvalue weighted by molar-refractivity contribution is 5.73. The number of hydrogen-bond donors (Lipinski definition) is 3. The van der Waals surface area contributed by atoms with Crippen molar-refractivity contribution in [3.8, 4) is 5.82 Å². The van der Waals surface area contributed by atoms with E-state index in [0.29, 0.717) is 19.0 Å². The maximum Gasteiger partial charge on any atom is 0.315 e. The number of aliphatic hydroxyl groups excluding tert-OH is 1. The first-order chi connectivity index (χ1) is 11.7. The lowest BCUT2D eigenvalue weighted by molar-refractivity contribution is 0.101. The molecular formula is C17H23N5O2. The molecule has 1 fully saturated rings. The van der Waals surface area contributed by atoms with Gasteiger partial charge in [0.05, 0.1) is 6.10 Å². The quantitative estimate of drug-likeness (QED) is 0.777. The van der Waals surface area contributed by atoms with Crippen molar-refractivity contribution in [1.82, 2.24) is 25.2 Å².